The molecule has 0 aliphatic heterocycles. The molecule has 0 atom stereocenters. The number of aromatic nitrogens is 2. The zero-order chi connectivity index (χ0) is 14.1. The quantitative estimate of drug-likeness (QED) is 0.779. The van der Waals surface area contributed by atoms with Crippen LogP contribution in [0.3, 0.4) is 0 Å². The lowest BCUT2D eigenvalue weighted by Gasteiger charge is -2.05. The molecule has 0 aliphatic rings. The van der Waals surface area contributed by atoms with Crippen LogP contribution in [-0.4, -0.2) is 17.1 Å². The molecular weight excluding hydrogens is 259 g/mol. The van der Waals surface area contributed by atoms with Gasteiger partial charge in [0, 0.05) is 0 Å². The summed E-state index contributed by atoms with van der Waals surface area (Å²) in [7, 11) is 1.52. The van der Waals surface area contributed by atoms with Crippen molar-refractivity contribution < 1.29 is 9.13 Å². The maximum absolute atomic E-state index is 13.7. The number of benzene rings is 2. The Hall–Kier alpha value is -2.69. The zero-order valence-corrected chi connectivity index (χ0v) is 10.7. The summed E-state index contributed by atoms with van der Waals surface area (Å²) in [6, 6.07) is 11.2. The molecule has 5 heteroatoms. The minimum absolute atomic E-state index is 0.214. The topological polar surface area (TPSA) is 55.0 Å². The largest absolute Gasteiger partial charge is 0.497 e. The van der Waals surface area contributed by atoms with Crippen molar-refractivity contribution in [3.8, 4) is 17.1 Å². The van der Waals surface area contributed by atoms with Gasteiger partial charge in [0.25, 0.3) is 5.56 Å². The fourth-order valence-electron chi connectivity index (χ4n) is 2.03. The summed E-state index contributed by atoms with van der Waals surface area (Å²) in [6.45, 7) is 0. The van der Waals surface area contributed by atoms with Crippen molar-refractivity contribution in [3.63, 3.8) is 0 Å². The molecule has 0 unspecified atom stereocenters. The molecule has 1 heterocycles. The second-order valence-corrected chi connectivity index (χ2v) is 4.28. The van der Waals surface area contributed by atoms with Crippen LogP contribution < -0.4 is 10.3 Å². The average molecular weight is 270 g/mol. The first-order valence-electron chi connectivity index (χ1n) is 6.02. The standard InChI is InChI=1S/C15H11FN2O2/c1-20-9-6-7-13-11(8-9)15(19)18-14(17-13)10-4-2-3-5-12(10)16/h2-8H,1H3,(H,17,18,19). The first kappa shape index (κ1) is 12.3. The lowest BCUT2D eigenvalue weighted by atomic mass is 10.2. The Morgan fingerprint density at radius 3 is 2.75 bits per heavy atom. The van der Waals surface area contributed by atoms with E-state index in [0.29, 0.717) is 16.7 Å². The number of fused-ring (bicyclic) bond motifs is 1. The molecule has 3 aromatic rings. The minimum atomic E-state index is -0.427. The van der Waals surface area contributed by atoms with Crippen molar-refractivity contribution in [2.45, 2.75) is 0 Å². The van der Waals surface area contributed by atoms with E-state index in [9.17, 15) is 9.18 Å². The van der Waals surface area contributed by atoms with Crippen molar-refractivity contribution in [2.75, 3.05) is 7.11 Å². The lowest BCUT2D eigenvalue weighted by molar-refractivity contribution is 0.415. The molecule has 0 amide bonds. The van der Waals surface area contributed by atoms with Gasteiger partial charge in [-0.3, -0.25) is 4.79 Å². The Labute approximate surface area is 113 Å². The van der Waals surface area contributed by atoms with Crippen LogP contribution in [0, 0.1) is 5.82 Å². The van der Waals surface area contributed by atoms with Gasteiger partial charge in [0.05, 0.1) is 23.6 Å². The fraction of sp³-hybridized carbons (Fsp3) is 0.0667. The lowest BCUT2D eigenvalue weighted by Crippen LogP contribution is -2.10. The van der Waals surface area contributed by atoms with Crippen LogP contribution in [0.15, 0.2) is 47.3 Å². The monoisotopic (exact) mass is 270 g/mol. The fourth-order valence-corrected chi connectivity index (χ4v) is 2.03. The molecule has 1 aromatic heterocycles. The van der Waals surface area contributed by atoms with Crippen molar-refractivity contribution in [3.05, 3.63) is 58.6 Å². The third-order valence-electron chi connectivity index (χ3n) is 3.04. The van der Waals surface area contributed by atoms with Gasteiger partial charge in [-0.15, -0.1) is 0 Å². The number of hydrogen-bond donors (Lipinski definition) is 1. The second-order valence-electron chi connectivity index (χ2n) is 4.28. The summed E-state index contributed by atoms with van der Waals surface area (Å²) in [5.41, 5.74) is 0.433. The number of H-pyrrole nitrogens is 1. The highest BCUT2D eigenvalue weighted by Gasteiger charge is 2.10. The molecule has 0 bridgehead atoms. The van der Waals surface area contributed by atoms with Gasteiger partial charge >= 0.3 is 0 Å². The van der Waals surface area contributed by atoms with Crippen molar-refractivity contribution >= 4 is 10.9 Å². The predicted molar refractivity (Wildman–Crippen MR) is 74.3 cm³/mol. The highest BCUT2D eigenvalue weighted by atomic mass is 19.1. The van der Waals surface area contributed by atoms with Gasteiger partial charge in [0.2, 0.25) is 0 Å². The van der Waals surface area contributed by atoms with E-state index in [1.54, 1.807) is 36.4 Å². The van der Waals surface area contributed by atoms with E-state index >= 15 is 0 Å². The number of halogens is 1. The molecule has 3 rings (SSSR count). The van der Waals surface area contributed by atoms with E-state index in [1.807, 2.05) is 0 Å². The Bertz CT molecular complexity index is 843. The number of nitrogens with zero attached hydrogens (tertiary/aromatic N) is 1. The van der Waals surface area contributed by atoms with E-state index in [-0.39, 0.29) is 16.9 Å². The second kappa shape index (κ2) is 4.77. The first-order valence-corrected chi connectivity index (χ1v) is 6.02. The van der Waals surface area contributed by atoms with Crippen LogP contribution in [0.4, 0.5) is 4.39 Å². The predicted octanol–water partition coefficient (Wildman–Crippen LogP) is 2.74. The van der Waals surface area contributed by atoms with Crippen LogP contribution in [0.1, 0.15) is 0 Å². The molecular formula is C15H11FN2O2. The molecule has 1 N–H and O–H groups in total. The summed E-state index contributed by atoms with van der Waals surface area (Å²) >= 11 is 0. The van der Waals surface area contributed by atoms with Crippen LogP contribution in [0.25, 0.3) is 22.3 Å². The molecule has 4 nitrogen and oxygen atoms in total. The smallest absolute Gasteiger partial charge is 0.259 e. The average Bonchev–Trinajstić information content (AvgIpc) is 2.47. The third kappa shape index (κ3) is 2.03. The van der Waals surface area contributed by atoms with Gasteiger partial charge in [-0.05, 0) is 30.3 Å². The minimum Gasteiger partial charge on any atom is -0.497 e. The van der Waals surface area contributed by atoms with Gasteiger partial charge in [-0.1, -0.05) is 12.1 Å². The normalized spacial score (nSPS) is 10.7. The number of nitrogens with one attached hydrogen (secondary N) is 1. The molecule has 0 radical (unpaired) electrons. The van der Waals surface area contributed by atoms with E-state index in [1.165, 1.54) is 13.2 Å². The van der Waals surface area contributed by atoms with Crippen LogP contribution >= 0.6 is 0 Å². The Morgan fingerprint density at radius 2 is 2.00 bits per heavy atom. The zero-order valence-electron chi connectivity index (χ0n) is 10.7. The molecule has 100 valence electrons. The molecule has 0 fully saturated rings. The summed E-state index contributed by atoms with van der Waals surface area (Å²) < 4.78 is 18.8. The molecule has 20 heavy (non-hydrogen) atoms. The van der Waals surface area contributed by atoms with Gasteiger partial charge in [0.15, 0.2) is 0 Å². The Kier molecular flexibility index (Phi) is 2.95. The Balaban J connectivity index is 2.26. The highest BCUT2D eigenvalue weighted by molar-refractivity contribution is 5.81. The molecule has 0 saturated heterocycles. The maximum Gasteiger partial charge on any atom is 0.259 e. The summed E-state index contributed by atoms with van der Waals surface area (Å²) in [5, 5.41) is 0.407. The van der Waals surface area contributed by atoms with Gasteiger partial charge in [0.1, 0.15) is 17.4 Å². The number of ether oxygens (including phenoxy) is 1. The van der Waals surface area contributed by atoms with Gasteiger partial charge < -0.3 is 9.72 Å². The SMILES string of the molecule is COc1ccc2nc(-c3ccccc3F)[nH]c(=O)c2c1. The van der Waals surface area contributed by atoms with Crippen LogP contribution in [-0.2, 0) is 0 Å². The maximum atomic E-state index is 13.7. The van der Waals surface area contributed by atoms with E-state index in [4.69, 9.17) is 4.74 Å². The third-order valence-corrected chi connectivity index (χ3v) is 3.04. The van der Waals surface area contributed by atoms with Crippen molar-refractivity contribution in [1.82, 2.24) is 9.97 Å². The molecule has 0 saturated carbocycles. The van der Waals surface area contributed by atoms with Crippen molar-refractivity contribution in [1.29, 1.82) is 0 Å². The van der Waals surface area contributed by atoms with Gasteiger partial charge in [-0.2, -0.15) is 0 Å². The van der Waals surface area contributed by atoms with Crippen LogP contribution in [0.2, 0.25) is 0 Å². The van der Waals surface area contributed by atoms with Gasteiger partial charge in [-0.25, -0.2) is 9.37 Å². The summed E-state index contributed by atoms with van der Waals surface area (Å²) in [6.07, 6.45) is 0. The van der Waals surface area contributed by atoms with Crippen molar-refractivity contribution in [2.24, 2.45) is 0 Å². The highest BCUT2D eigenvalue weighted by Crippen LogP contribution is 2.21. The molecule has 0 aliphatic carbocycles. The van der Waals surface area contributed by atoms with Crippen LogP contribution in [0.5, 0.6) is 5.75 Å². The first-order chi connectivity index (χ1) is 9.69. The summed E-state index contributed by atoms with van der Waals surface area (Å²) in [4.78, 5) is 19.0. The number of methoxy groups -OCH3 is 1. The summed E-state index contributed by atoms with van der Waals surface area (Å²) in [5.74, 6) is 0.359. The number of rotatable bonds is 2. The van der Waals surface area contributed by atoms with E-state index in [0.717, 1.165) is 0 Å². The van der Waals surface area contributed by atoms with E-state index < -0.39 is 5.82 Å². The van der Waals surface area contributed by atoms with E-state index in [2.05, 4.69) is 9.97 Å². The number of aromatic amines is 1. The number of hydrogen-bond acceptors (Lipinski definition) is 3. The molecule has 2 aromatic carbocycles. The Morgan fingerprint density at radius 1 is 1.20 bits per heavy atom. The molecule has 0 spiro atoms.